The third-order valence-corrected chi connectivity index (χ3v) is 4.82. The van der Waals surface area contributed by atoms with Crippen LogP contribution in [0.1, 0.15) is 12.0 Å². The van der Waals surface area contributed by atoms with E-state index in [0.717, 1.165) is 12.1 Å². The molecule has 4 rings (SSSR count). The Morgan fingerprint density at radius 2 is 2.00 bits per heavy atom. The number of amides is 4. The number of ether oxygens (including phenoxy) is 2. The number of urea groups is 1. The van der Waals surface area contributed by atoms with Crippen LogP contribution in [0.25, 0.3) is 0 Å². The maximum atomic E-state index is 13.8. The number of nitrogens with one attached hydrogen (secondary N) is 4. The highest BCUT2D eigenvalue weighted by molar-refractivity contribution is 6.08. The quantitative estimate of drug-likeness (QED) is 0.452. The molecule has 0 radical (unpaired) electrons. The SMILES string of the molecule is COc1ccc(NNC(=O)[C@@H]2C[C@]3(NC(=O)NC3=O)c3cc(F)ccc3O2)cc1. The topological polar surface area (TPSA) is 118 Å². The number of carbonyl (C=O) groups excluding carboxylic acids is 3. The highest BCUT2D eigenvalue weighted by Crippen LogP contribution is 2.41. The van der Waals surface area contributed by atoms with Gasteiger partial charge in [0.25, 0.3) is 11.8 Å². The zero-order chi connectivity index (χ0) is 20.6. The summed E-state index contributed by atoms with van der Waals surface area (Å²) >= 11 is 0. The van der Waals surface area contributed by atoms with Crippen molar-refractivity contribution in [2.24, 2.45) is 0 Å². The Labute approximate surface area is 164 Å². The minimum atomic E-state index is -1.59. The second kappa shape index (κ2) is 6.97. The van der Waals surface area contributed by atoms with E-state index in [1.165, 1.54) is 6.07 Å². The third-order valence-electron chi connectivity index (χ3n) is 4.82. The van der Waals surface area contributed by atoms with Crippen molar-refractivity contribution in [2.45, 2.75) is 18.1 Å². The molecule has 1 spiro atoms. The smallest absolute Gasteiger partial charge is 0.322 e. The summed E-state index contributed by atoms with van der Waals surface area (Å²) in [6, 6.07) is 9.69. The number of hydrogen-bond donors (Lipinski definition) is 4. The average Bonchev–Trinajstić information content (AvgIpc) is 3.00. The van der Waals surface area contributed by atoms with Crippen molar-refractivity contribution in [3.63, 3.8) is 0 Å². The summed E-state index contributed by atoms with van der Waals surface area (Å²) in [5.74, 6) is -1.03. The molecule has 2 heterocycles. The minimum absolute atomic E-state index is 0.139. The highest BCUT2D eigenvalue weighted by Gasteiger charge is 2.54. The maximum Gasteiger partial charge on any atom is 0.322 e. The lowest BCUT2D eigenvalue weighted by molar-refractivity contribution is -0.132. The zero-order valence-electron chi connectivity index (χ0n) is 15.2. The molecule has 0 saturated carbocycles. The highest BCUT2D eigenvalue weighted by atomic mass is 19.1. The van der Waals surface area contributed by atoms with E-state index in [9.17, 15) is 18.8 Å². The van der Waals surface area contributed by atoms with Gasteiger partial charge in [0.05, 0.1) is 12.8 Å². The first-order valence-corrected chi connectivity index (χ1v) is 8.71. The molecule has 29 heavy (non-hydrogen) atoms. The molecule has 2 aliphatic rings. The summed E-state index contributed by atoms with van der Waals surface area (Å²) in [5, 5.41) is 4.65. The van der Waals surface area contributed by atoms with E-state index >= 15 is 0 Å². The summed E-state index contributed by atoms with van der Waals surface area (Å²) in [6.07, 6.45) is -1.31. The fourth-order valence-electron chi connectivity index (χ4n) is 3.38. The largest absolute Gasteiger partial charge is 0.497 e. The number of rotatable bonds is 4. The monoisotopic (exact) mass is 400 g/mol. The molecule has 0 unspecified atom stereocenters. The first kappa shape index (κ1) is 18.5. The van der Waals surface area contributed by atoms with Crippen molar-refractivity contribution in [1.29, 1.82) is 0 Å². The first-order valence-electron chi connectivity index (χ1n) is 8.71. The van der Waals surface area contributed by atoms with E-state index in [0.29, 0.717) is 11.4 Å². The Morgan fingerprint density at radius 1 is 1.24 bits per heavy atom. The minimum Gasteiger partial charge on any atom is -0.497 e. The Balaban J connectivity index is 1.55. The van der Waals surface area contributed by atoms with Gasteiger partial charge < -0.3 is 14.8 Å². The van der Waals surface area contributed by atoms with Crippen LogP contribution >= 0.6 is 0 Å². The van der Waals surface area contributed by atoms with Crippen LogP contribution in [0.3, 0.4) is 0 Å². The Morgan fingerprint density at radius 3 is 2.66 bits per heavy atom. The number of benzene rings is 2. The lowest BCUT2D eigenvalue weighted by Crippen LogP contribution is -2.54. The molecule has 9 nitrogen and oxygen atoms in total. The fraction of sp³-hybridized carbons (Fsp3) is 0.211. The van der Waals surface area contributed by atoms with Crippen molar-refractivity contribution >= 4 is 23.5 Å². The molecule has 2 aromatic carbocycles. The molecule has 2 atom stereocenters. The van der Waals surface area contributed by atoms with Crippen LogP contribution in [0, 0.1) is 5.82 Å². The molecular formula is C19H17FN4O5. The zero-order valence-corrected chi connectivity index (χ0v) is 15.2. The predicted molar refractivity (Wildman–Crippen MR) is 98.5 cm³/mol. The third kappa shape index (κ3) is 3.28. The van der Waals surface area contributed by atoms with Gasteiger partial charge in [0.2, 0.25) is 0 Å². The van der Waals surface area contributed by atoms with Gasteiger partial charge in [-0.15, -0.1) is 0 Å². The molecule has 0 aliphatic carbocycles. The number of hydrogen-bond acceptors (Lipinski definition) is 6. The number of fused-ring (bicyclic) bond motifs is 2. The van der Waals surface area contributed by atoms with Crippen molar-refractivity contribution < 1.29 is 28.2 Å². The molecule has 10 heteroatoms. The summed E-state index contributed by atoms with van der Waals surface area (Å²) in [4.78, 5) is 36.9. The van der Waals surface area contributed by atoms with Crippen molar-refractivity contribution in [2.75, 3.05) is 12.5 Å². The van der Waals surface area contributed by atoms with Crippen molar-refractivity contribution in [3.8, 4) is 11.5 Å². The molecule has 4 amide bonds. The molecule has 150 valence electrons. The number of carbonyl (C=O) groups is 3. The Hall–Kier alpha value is -3.82. The van der Waals surface area contributed by atoms with Crippen LogP contribution < -0.4 is 31.0 Å². The van der Waals surface area contributed by atoms with Gasteiger partial charge in [-0.05, 0) is 42.5 Å². The second-order valence-electron chi connectivity index (χ2n) is 6.61. The predicted octanol–water partition coefficient (Wildman–Crippen LogP) is 1.16. The van der Waals surface area contributed by atoms with Gasteiger partial charge in [-0.1, -0.05) is 0 Å². The first-order chi connectivity index (χ1) is 13.9. The van der Waals surface area contributed by atoms with E-state index in [2.05, 4.69) is 21.5 Å². The fourth-order valence-corrected chi connectivity index (χ4v) is 3.38. The number of imide groups is 1. The summed E-state index contributed by atoms with van der Waals surface area (Å²) < 4.78 is 24.5. The van der Waals surface area contributed by atoms with Crippen molar-refractivity contribution in [3.05, 3.63) is 53.8 Å². The van der Waals surface area contributed by atoms with E-state index in [-0.39, 0.29) is 17.7 Å². The molecule has 1 fully saturated rings. The standard InChI is InChI=1S/C19H17FN4O5/c1-28-12-5-3-11(4-6-12)23-24-16(25)15-9-19(17(26)21-18(27)22-19)13-8-10(20)2-7-14(13)29-15/h2-8,15,23H,9H2,1H3,(H,24,25)(H2,21,22,26,27)/t15-,19-/m0/s1. The molecular weight excluding hydrogens is 383 g/mol. The number of anilines is 1. The Bertz CT molecular complexity index is 997. The maximum absolute atomic E-state index is 13.8. The van der Waals surface area contributed by atoms with E-state index in [1.807, 2.05) is 0 Å². The molecule has 2 aromatic rings. The number of halogens is 1. The number of methoxy groups -OCH3 is 1. The summed E-state index contributed by atoms with van der Waals surface area (Å²) in [7, 11) is 1.54. The molecule has 2 aliphatic heterocycles. The lowest BCUT2D eigenvalue weighted by Gasteiger charge is -2.36. The van der Waals surface area contributed by atoms with Crippen LogP contribution in [0.2, 0.25) is 0 Å². The van der Waals surface area contributed by atoms with E-state index in [1.54, 1.807) is 31.4 Å². The van der Waals surface area contributed by atoms with Crippen molar-refractivity contribution in [1.82, 2.24) is 16.1 Å². The Kier molecular flexibility index (Phi) is 4.45. The van der Waals surface area contributed by atoms with Gasteiger partial charge in [-0.25, -0.2) is 9.18 Å². The molecule has 4 N–H and O–H groups in total. The van der Waals surface area contributed by atoms with Crippen LogP contribution in [-0.2, 0) is 15.1 Å². The average molecular weight is 400 g/mol. The van der Waals surface area contributed by atoms with E-state index < -0.39 is 35.3 Å². The lowest BCUT2D eigenvalue weighted by atomic mass is 9.81. The van der Waals surface area contributed by atoms with Gasteiger partial charge in [-0.3, -0.25) is 25.8 Å². The van der Waals surface area contributed by atoms with Gasteiger partial charge >= 0.3 is 6.03 Å². The molecule has 0 aromatic heterocycles. The van der Waals surface area contributed by atoms with Crippen LogP contribution in [0.15, 0.2) is 42.5 Å². The normalized spacial score (nSPS) is 22.2. The van der Waals surface area contributed by atoms with Gasteiger partial charge in [-0.2, -0.15) is 0 Å². The van der Waals surface area contributed by atoms with E-state index in [4.69, 9.17) is 9.47 Å². The molecule has 1 saturated heterocycles. The summed E-state index contributed by atoms with van der Waals surface area (Å²) in [5.41, 5.74) is 4.42. The van der Waals surface area contributed by atoms with Gasteiger partial charge in [0, 0.05) is 12.0 Å². The molecule has 0 bridgehead atoms. The van der Waals surface area contributed by atoms with Crippen LogP contribution in [0.4, 0.5) is 14.9 Å². The van der Waals surface area contributed by atoms with Gasteiger partial charge in [0.15, 0.2) is 11.6 Å². The van der Waals surface area contributed by atoms with Gasteiger partial charge in [0.1, 0.15) is 17.3 Å². The second-order valence-corrected chi connectivity index (χ2v) is 6.61. The van der Waals surface area contributed by atoms with Crippen LogP contribution in [0.5, 0.6) is 11.5 Å². The van der Waals surface area contributed by atoms with Crippen LogP contribution in [-0.4, -0.2) is 31.1 Å². The number of hydrazine groups is 1. The summed E-state index contributed by atoms with van der Waals surface area (Å²) in [6.45, 7) is 0.